The Morgan fingerprint density at radius 3 is 2.66 bits per heavy atom. The summed E-state index contributed by atoms with van der Waals surface area (Å²) in [5, 5.41) is 10.2. The van der Waals surface area contributed by atoms with E-state index in [2.05, 4.69) is 4.98 Å². The topological polar surface area (TPSA) is 75.8 Å². The standard InChI is InChI=1S/C22H19FN2O4/c23-15-6-7-17-16(13-15)20(27)29-22(17)8-10-25(11-9-22)21-24-19(26)18(28-21)12-14-4-2-1-3-5-14/h1-7,13,26H,8-12H2. The van der Waals surface area contributed by atoms with Crippen molar-refractivity contribution in [3.05, 3.63) is 76.8 Å². The van der Waals surface area contributed by atoms with Gasteiger partial charge in [0.2, 0.25) is 0 Å². The summed E-state index contributed by atoms with van der Waals surface area (Å²) in [5.41, 5.74) is 1.32. The summed E-state index contributed by atoms with van der Waals surface area (Å²) < 4.78 is 25.0. The molecule has 5 rings (SSSR count). The van der Waals surface area contributed by atoms with Crippen molar-refractivity contribution in [3.63, 3.8) is 0 Å². The van der Waals surface area contributed by atoms with Crippen LogP contribution in [0.4, 0.5) is 10.4 Å². The number of nitrogens with zero attached hydrogens (tertiary/aromatic N) is 2. The fraction of sp³-hybridized carbons (Fsp3) is 0.273. The third-order valence-corrected chi connectivity index (χ3v) is 5.70. The highest BCUT2D eigenvalue weighted by Gasteiger charge is 2.48. The van der Waals surface area contributed by atoms with E-state index in [1.807, 2.05) is 35.2 Å². The lowest BCUT2D eigenvalue weighted by Gasteiger charge is -2.37. The smallest absolute Gasteiger partial charge is 0.339 e. The lowest BCUT2D eigenvalue weighted by Crippen LogP contribution is -2.43. The number of hydrogen-bond donors (Lipinski definition) is 1. The summed E-state index contributed by atoms with van der Waals surface area (Å²) in [5.74, 6) is -0.625. The minimum absolute atomic E-state index is 0.114. The Hall–Kier alpha value is -3.35. The van der Waals surface area contributed by atoms with Crippen LogP contribution in [-0.4, -0.2) is 29.1 Å². The van der Waals surface area contributed by atoms with Crippen LogP contribution in [0.3, 0.4) is 0 Å². The van der Waals surface area contributed by atoms with Crippen molar-refractivity contribution in [3.8, 4) is 5.88 Å². The van der Waals surface area contributed by atoms with Gasteiger partial charge in [0.1, 0.15) is 11.4 Å². The number of oxazole rings is 1. The molecule has 2 aromatic carbocycles. The average molecular weight is 394 g/mol. The zero-order valence-corrected chi connectivity index (χ0v) is 15.6. The van der Waals surface area contributed by atoms with Crippen molar-refractivity contribution in [1.29, 1.82) is 0 Å². The second-order valence-electron chi connectivity index (χ2n) is 7.47. The lowest BCUT2D eigenvalue weighted by atomic mass is 9.84. The van der Waals surface area contributed by atoms with Gasteiger partial charge in [0, 0.05) is 37.9 Å². The zero-order valence-electron chi connectivity index (χ0n) is 15.6. The van der Waals surface area contributed by atoms with E-state index in [0.717, 1.165) is 11.1 Å². The van der Waals surface area contributed by atoms with Crippen LogP contribution in [0.25, 0.3) is 0 Å². The van der Waals surface area contributed by atoms with Gasteiger partial charge in [-0.25, -0.2) is 9.18 Å². The largest absolute Gasteiger partial charge is 0.491 e. The molecular formula is C22H19FN2O4. The number of aromatic nitrogens is 1. The van der Waals surface area contributed by atoms with Gasteiger partial charge in [-0.2, -0.15) is 4.98 Å². The number of piperidine rings is 1. The lowest BCUT2D eigenvalue weighted by molar-refractivity contribution is -0.0214. The van der Waals surface area contributed by atoms with Gasteiger partial charge in [-0.3, -0.25) is 0 Å². The van der Waals surface area contributed by atoms with Crippen LogP contribution in [0.5, 0.6) is 5.88 Å². The summed E-state index contributed by atoms with van der Waals surface area (Å²) in [7, 11) is 0. The van der Waals surface area contributed by atoms with E-state index in [1.165, 1.54) is 12.1 Å². The van der Waals surface area contributed by atoms with Crippen molar-refractivity contribution in [2.45, 2.75) is 24.9 Å². The van der Waals surface area contributed by atoms with Crippen LogP contribution in [0.2, 0.25) is 0 Å². The number of rotatable bonds is 3. The van der Waals surface area contributed by atoms with E-state index in [1.54, 1.807) is 6.07 Å². The molecule has 0 radical (unpaired) electrons. The van der Waals surface area contributed by atoms with Crippen LogP contribution >= 0.6 is 0 Å². The van der Waals surface area contributed by atoms with Crippen molar-refractivity contribution in [2.24, 2.45) is 0 Å². The molecule has 2 aliphatic heterocycles. The summed E-state index contributed by atoms with van der Waals surface area (Å²) >= 11 is 0. The Balaban J connectivity index is 1.33. The first-order valence-electron chi connectivity index (χ1n) is 9.55. The highest BCUT2D eigenvalue weighted by Crippen LogP contribution is 2.45. The fourth-order valence-corrected chi connectivity index (χ4v) is 4.16. The third kappa shape index (κ3) is 3.03. The van der Waals surface area contributed by atoms with E-state index in [0.29, 0.717) is 49.7 Å². The van der Waals surface area contributed by atoms with E-state index in [4.69, 9.17) is 9.15 Å². The average Bonchev–Trinajstić information content (AvgIpc) is 3.21. The van der Waals surface area contributed by atoms with E-state index < -0.39 is 17.4 Å². The maximum Gasteiger partial charge on any atom is 0.339 e. The molecule has 0 amide bonds. The maximum atomic E-state index is 13.5. The van der Waals surface area contributed by atoms with Crippen LogP contribution in [0, 0.1) is 5.82 Å². The number of benzene rings is 2. The molecule has 6 nitrogen and oxygen atoms in total. The molecule has 0 unspecified atom stereocenters. The van der Waals surface area contributed by atoms with Gasteiger partial charge in [-0.1, -0.05) is 36.4 Å². The van der Waals surface area contributed by atoms with Crippen LogP contribution < -0.4 is 4.90 Å². The molecule has 2 aliphatic rings. The number of ether oxygens (including phenoxy) is 1. The fourth-order valence-electron chi connectivity index (χ4n) is 4.16. The quantitative estimate of drug-likeness (QED) is 0.682. The van der Waals surface area contributed by atoms with Gasteiger partial charge >= 0.3 is 12.0 Å². The first kappa shape index (κ1) is 17.7. The number of carbonyl (C=O) groups is 1. The summed E-state index contributed by atoms with van der Waals surface area (Å²) in [6, 6.07) is 14.3. The number of hydrogen-bond acceptors (Lipinski definition) is 6. The highest BCUT2D eigenvalue weighted by atomic mass is 19.1. The predicted molar refractivity (Wildman–Crippen MR) is 102 cm³/mol. The van der Waals surface area contributed by atoms with E-state index >= 15 is 0 Å². The molecule has 0 atom stereocenters. The number of esters is 1. The Morgan fingerprint density at radius 2 is 1.90 bits per heavy atom. The molecule has 0 saturated carbocycles. The first-order valence-corrected chi connectivity index (χ1v) is 9.55. The molecule has 1 N–H and O–H groups in total. The monoisotopic (exact) mass is 394 g/mol. The molecule has 1 aromatic heterocycles. The first-order chi connectivity index (χ1) is 14.0. The van der Waals surface area contributed by atoms with Gasteiger partial charge in [-0.15, -0.1) is 0 Å². The highest BCUT2D eigenvalue weighted by molar-refractivity contribution is 5.94. The van der Waals surface area contributed by atoms with Crippen molar-refractivity contribution < 1.29 is 23.4 Å². The van der Waals surface area contributed by atoms with Crippen LogP contribution in [-0.2, 0) is 16.8 Å². The second kappa shape index (κ2) is 6.62. The van der Waals surface area contributed by atoms with Crippen molar-refractivity contribution in [2.75, 3.05) is 18.0 Å². The Kier molecular flexibility index (Phi) is 4.04. The SMILES string of the molecule is O=C1OC2(CCN(c3nc(O)c(Cc4ccccc4)o3)CC2)c2ccc(F)cc21. The summed E-state index contributed by atoms with van der Waals surface area (Å²) in [6.07, 6.45) is 1.52. The summed E-state index contributed by atoms with van der Waals surface area (Å²) in [4.78, 5) is 18.3. The molecule has 29 heavy (non-hydrogen) atoms. The number of fused-ring (bicyclic) bond motifs is 2. The van der Waals surface area contributed by atoms with Crippen LogP contribution in [0.15, 0.2) is 52.9 Å². The normalized spacial score (nSPS) is 17.4. The Morgan fingerprint density at radius 1 is 1.14 bits per heavy atom. The third-order valence-electron chi connectivity index (χ3n) is 5.70. The van der Waals surface area contributed by atoms with Crippen molar-refractivity contribution >= 4 is 12.0 Å². The molecule has 148 valence electrons. The number of carbonyl (C=O) groups excluding carboxylic acids is 1. The molecule has 1 spiro atoms. The predicted octanol–water partition coefficient (Wildman–Crippen LogP) is 3.78. The number of aromatic hydroxyl groups is 1. The minimum atomic E-state index is -0.738. The van der Waals surface area contributed by atoms with Gasteiger partial charge < -0.3 is 19.2 Å². The van der Waals surface area contributed by atoms with Crippen molar-refractivity contribution in [1.82, 2.24) is 4.98 Å². The van der Waals surface area contributed by atoms with Crippen LogP contribution in [0.1, 0.15) is 40.1 Å². The van der Waals surface area contributed by atoms with Gasteiger partial charge in [0.05, 0.1) is 5.56 Å². The molecule has 0 bridgehead atoms. The maximum absolute atomic E-state index is 13.5. The number of halogens is 1. The zero-order chi connectivity index (χ0) is 20.0. The molecule has 1 fully saturated rings. The van der Waals surface area contributed by atoms with E-state index in [9.17, 15) is 14.3 Å². The molecule has 3 aromatic rings. The molecule has 7 heteroatoms. The molecule has 0 aliphatic carbocycles. The molecule has 3 heterocycles. The van der Waals surface area contributed by atoms with Gasteiger partial charge in [0.25, 0.3) is 5.88 Å². The van der Waals surface area contributed by atoms with Gasteiger partial charge in [0.15, 0.2) is 5.76 Å². The van der Waals surface area contributed by atoms with Gasteiger partial charge in [-0.05, 0) is 17.7 Å². The minimum Gasteiger partial charge on any atom is -0.491 e. The molecular weight excluding hydrogens is 375 g/mol. The number of anilines is 1. The Labute approximate surface area is 166 Å². The Bertz CT molecular complexity index is 1070. The summed E-state index contributed by atoms with van der Waals surface area (Å²) in [6.45, 7) is 1.07. The second-order valence-corrected chi connectivity index (χ2v) is 7.47. The molecule has 1 saturated heterocycles. The van der Waals surface area contributed by atoms with E-state index in [-0.39, 0.29) is 5.88 Å².